The first-order chi connectivity index (χ1) is 27.5. The minimum absolute atomic E-state index is 0.214. The number of ether oxygens (including phenoxy) is 2. The molecule has 8 nitrogen and oxygen atoms in total. The van der Waals surface area contributed by atoms with Crippen molar-refractivity contribution in [2.24, 2.45) is 0 Å². The van der Waals surface area contributed by atoms with Crippen LogP contribution in [-0.2, 0) is 0 Å². The number of urea groups is 2. The lowest BCUT2D eigenvalue weighted by Crippen LogP contribution is -2.29. The largest absolute Gasteiger partial charge is 0.496 e. The second kappa shape index (κ2) is 33.7. The molecule has 0 spiro atoms. The fourth-order valence-corrected chi connectivity index (χ4v) is 7.35. The highest BCUT2D eigenvalue weighted by Gasteiger charge is 2.13. The van der Waals surface area contributed by atoms with Crippen LogP contribution >= 0.6 is 0 Å². The Morgan fingerprint density at radius 3 is 1.25 bits per heavy atom. The van der Waals surface area contributed by atoms with Crippen LogP contribution in [0.25, 0.3) is 11.1 Å². The Labute approximate surface area is 342 Å². The van der Waals surface area contributed by atoms with E-state index in [-0.39, 0.29) is 12.1 Å². The maximum Gasteiger partial charge on any atom is 0.319 e. The summed E-state index contributed by atoms with van der Waals surface area (Å²) in [5, 5.41) is 11.8. The van der Waals surface area contributed by atoms with Gasteiger partial charge in [-0.15, -0.1) is 0 Å². The first kappa shape index (κ1) is 48.7. The monoisotopic (exact) mass is 779 g/mol. The summed E-state index contributed by atoms with van der Waals surface area (Å²) in [6.07, 6.45) is 36.8. The van der Waals surface area contributed by atoms with Gasteiger partial charge in [0.05, 0.1) is 19.9 Å². The molecule has 56 heavy (non-hydrogen) atoms. The first-order valence-electron chi connectivity index (χ1n) is 23.0. The van der Waals surface area contributed by atoms with Crippen LogP contribution in [0.3, 0.4) is 0 Å². The summed E-state index contributed by atoms with van der Waals surface area (Å²) in [5.41, 5.74) is 2.99. The lowest BCUT2D eigenvalue weighted by molar-refractivity contribution is 0.251. The fourth-order valence-electron chi connectivity index (χ4n) is 7.35. The molecular formula is C48H82N4O4. The van der Waals surface area contributed by atoms with Crippen molar-refractivity contribution >= 4 is 23.4 Å². The van der Waals surface area contributed by atoms with Gasteiger partial charge in [0, 0.05) is 30.4 Å². The smallest absolute Gasteiger partial charge is 0.319 e. The van der Waals surface area contributed by atoms with Crippen molar-refractivity contribution in [3.63, 3.8) is 0 Å². The standard InChI is InChI=1S/C48H82N4O4/c1-5-7-9-11-13-15-17-19-21-23-25-27-29-31-37-49-47(53)51-42-34-35-43(45(40-42)55-3)41-33-36-44(46(39-41)56-4)52-48(54)50-38-32-30-28-26-24-22-20-18-16-14-12-10-8-6-2/h33-36,39-40H,5-32,37-38H2,1-4H3,(H2,49,51,53)(H2,50,52,54). The highest BCUT2D eigenvalue weighted by molar-refractivity contribution is 5.92. The Morgan fingerprint density at radius 1 is 0.446 bits per heavy atom. The summed E-state index contributed by atoms with van der Waals surface area (Å²) >= 11 is 0. The molecule has 0 fully saturated rings. The van der Waals surface area contributed by atoms with Gasteiger partial charge in [0.1, 0.15) is 11.5 Å². The van der Waals surface area contributed by atoms with Gasteiger partial charge in [-0.25, -0.2) is 9.59 Å². The normalized spacial score (nSPS) is 11.0. The summed E-state index contributed by atoms with van der Waals surface area (Å²) in [5.74, 6) is 1.18. The summed E-state index contributed by atoms with van der Waals surface area (Å²) in [6, 6.07) is 10.8. The van der Waals surface area contributed by atoms with Crippen molar-refractivity contribution < 1.29 is 19.1 Å². The number of carbonyl (C=O) groups excluding carboxylic acids is 2. The second-order valence-corrected chi connectivity index (χ2v) is 15.8. The van der Waals surface area contributed by atoms with Crippen molar-refractivity contribution in [1.82, 2.24) is 10.6 Å². The molecule has 0 bridgehead atoms. The molecule has 8 heteroatoms. The lowest BCUT2D eigenvalue weighted by atomic mass is 10.0. The maximum atomic E-state index is 12.7. The van der Waals surface area contributed by atoms with E-state index in [0.29, 0.717) is 36.0 Å². The highest BCUT2D eigenvalue weighted by atomic mass is 16.5. The number of rotatable bonds is 35. The average Bonchev–Trinajstić information content (AvgIpc) is 3.20. The van der Waals surface area contributed by atoms with Crippen molar-refractivity contribution in [2.75, 3.05) is 37.9 Å². The molecule has 2 aromatic rings. The Kier molecular flexibility index (Phi) is 29.3. The minimum Gasteiger partial charge on any atom is -0.496 e. The molecule has 4 amide bonds. The number of benzene rings is 2. The molecule has 0 unspecified atom stereocenters. The molecule has 0 atom stereocenters. The summed E-state index contributed by atoms with van der Waals surface area (Å²) < 4.78 is 11.4. The van der Waals surface area contributed by atoms with E-state index in [1.165, 1.54) is 154 Å². The zero-order valence-electron chi connectivity index (χ0n) is 36.3. The molecule has 318 valence electrons. The first-order valence-corrected chi connectivity index (χ1v) is 23.0. The van der Waals surface area contributed by atoms with Crippen molar-refractivity contribution in [3.8, 4) is 22.6 Å². The molecule has 0 aliphatic rings. The van der Waals surface area contributed by atoms with Gasteiger partial charge < -0.3 is 30.7 Å². The maximum absolute atomic E-state index is 12.7. The number of amides is 4. The molecule has 0 aromatic heterocycles. The number of hydrogen-bond donors (Lipinski definition) is 4. The third-order valence-electron chi connectivity index (χ3n) is 10.9. The van der Waals surface area contributed by atoms with E-state index in [2.05, 4.69) is 35.1 Å². The Balaban J connectivity index is 1.62. The highest BCUT2D eigenvalue weighted by Crippen LogP contribution is 2.37. The number of anilines is 2. The Bertz CT molecular complexity index is 1290. The van der Waals surface area contributed by atoms with Gasteiger partial charge in [-0.3, -0.25) is 0 Å². The molecule has 0 saturated carbocycles. The predicted molar refractivity (Wildman–Crippen MR) is 240 cm³/mol. The molecular weight excluding hydrogens is 697 g/mol. The van der Waals surface area contributed by atoms with Gasteiger partial charge in [-0.1, -0.05) is 187 Å². The van der Waals surface area contributed by atoms with Crippen LogP contribution in [0.2, 0.25) is 0 Å². The van der Waals surface area contributed by atoms with Gasteiger partial charge in [-0.2, -0.15) is 0 Å². The minimum atomic E-state index is -0.235. The molecule has 2 aromatic carbocycles. The van der Waals surface area contributed by atoms with Crippen molar-refractivity contribution in [2.45, 2.75) is 194 Å². The second-order valence-electron chi connectivity index (χ2n) is 15.8. The van der Waals surface area contributed by atoms with Crippen LogP contribution in [0.1, 0.15) is 194 Å². The quantitative estimate of drug-likeness (QED) is 0.0523. The van der Waals surface area contributed by atoms with E-state index >= 15 is 0 Å². The molecule has 0 heterocycles. The summed E-state index contributed by atoms with van der Waals surface area (Å²) in [6.45, 7) is 5.86. The van der Waals surface area contributed by atoms with Crippen molar-refractivity contribution in [3.05, 3.63) is 36.4 Å². The van der Waals surface area contributed by atoms with E-state index in [0.717, 1.165) is 36.8 Å². The van der Waals surface area contributed by atoms with Crippen LogP contribution < -0.4 is 30.7 Å². The molecule has 0 radical (unpaired) electrons. The topological polar surface area (TPSA) is 101 Å². The van der Waals surface area contributed by atoms with Crippen LogP contribution in [0, 0.1) is 0 Å². The van der Waals surface area contributed by atoms with Gasteiger partial charge in [0.2, 0.25) is 0 Å². The predicted octanol–water partition coefficient (Wildman–Crippen LogP) is 14.6. The van der Waals surface area contributed by atoms with Gasteiger partial charge in [0.15, 0.2) is 0 Å². The third kappa shape index (κ3) is 23.6. The Morgan fingerprint density at radius 2 is 0.839 bits per heavy atom. The van der Waals surface area contributed by atoms with Crippen molar-refractivity contribution in [1.29, 1.82) is 0 Å². The van der Waals surface area contributed by atoms with E-state index < -0.39 is 0 Å². The van der Waals surface area contributed by atoms with E-state index in [1.807, 2.05) is 36.4 Å². The zero-order valence-corrected chi connectivity index (χ0v) is 36.3. The average molecular weight is 779 g/mol. The van der Waals surface area contributed by atoms with Crippen LogP contribution in [-0.4, -0.2) is 39.4 Å². The fraction of sp³-hybridized carbons (Fsp3) is 0.708. The number of hydrogen-bond acceptors (Lipinski definition) is 4. The van der Waals surface area contributed by atoms with Gasteiger partial charge >= 0.3 is 12.1 Å². The zero-order chi connectivity index (χ0) is 40.3. The van der Waals surface area contributed by atoms with E-state index in [9.17, 15) is 9.59 Å². The number of methoxy groups -OCH3 is 2. The van der Waals surface area contributed by atoms with E-state index in [1.54, 1.807) is 14.2 Å². The summed E-state index contributed by atoms with van der Waals surface area (Å²) in [4.78, 5) is 25.3. The molecule has 0 aliphatic heterocycles. The van der Waals surface area contributed by atoms with Gasteiger partial charge in [0.25, 0.3) is 0 Å². The molecule has 2 rings (SSSR count). The van der Waals surface area contributed by atoms with Gasteiger partial charge in [-0.05, 0) is 42.7 Å². The lowest BCUT2D eigenvalue weighted by Gasteiger charge is -2.15. The van der Waals surface area contributed by atoms with E-state index in [4.69, 9.17) is 9.47 Å². The van der Waals surface area contributed by atoms with Crippen LogP contribution in [0.5, 0.6) is 11.5 Å². The third-order valence-corrected chi connectivity index (χ3v) is 10.9. The number of nitrogens with one attached hydrogen (secondary N) is 4. The van der Waals surface area contributed by atoms with Crippen LogP contribution in [0.15, 0.2) is 36.4 Å². The molecule has 0 aliphatic carbocycles. The SMILES string of the molecule is CCCCCCCCCCCCCCCCNC(=O)Nc1ccc(-c2ccc(NC(=O)NCCCCCCCCCCCCCCCC)c(OC)c2)c(OC)c1. The molecule has 4 N–H and O–H groups in total. The summed E-state index contributed by atoms with van der Waals surface area (Å²) in [7, 11) is 3.21. The molecule has 0 saturated heterocycles. The Hall–Kier alpha value is -3.42. The number of unbranched alkanes of at least 4 members (excludes halogenated alkanes) is 26. The van der Waals surface area contributed by atoms with Crippen LogP contribution in [0.4, 0.5) is 21.0 Å². The number of carbonyl (C=O) groups is 2.